The second-order valence-electron chi connectivity index (χ2n) is 4.17. The smallest absolute Gasteiger partial charge is 0.319 e. The second-order valence-corrected chi connectivity index (χ2v) is 4.17. The van der Waals surface area contributed by atoms with Gasteiger partial charge >= 0.3 is 5.97 Å². The Labute approximate surface area is 88.8 Å². The molecule has 0 aromatic carbocycles. The maximum absolute atomic E-state index is 11.5. The van der Waals surface area contributed by atoms with E-state index in [1.54, 1.807) is 0 Å². The first-order valence-electron chi connectivity index (χ1n) is 5.29. The topological polar surface area (TPSA) is 58.6 Å². The molecular weight excluding hydrogens is 196 g/mol. The van der Waals surface area contributed by atoms with Gasteiger partial charge in [-0.05, 0) is 12.8 Å². The zero-order chi connectivity index (χ0) is 10.8. The molecule has 84 valence electrons. The summed E-state index contributed by atoms with van der Waals surface area (Å²) in [5.41, 5.74) is 0. The number of likely N-dealkylation sites (tertiary alicyclic amines) is 1. The highest BCUT2D eigenvalue weighted by Gasteiger charge is 2.38. The number of carbonyl (C=O) groups excluding carboxylic acids is 2. The van der Waals surface area contributed by atoms with E-state index < -0.39 is 0 Å². The van der Waals surface area contributed by atoms with Crippen molar-refractivity contribution in [3.05, 3.63) is 0 Å². The predicted molar refractivity (Wildman–Crippen MR) is 53.1 cm³/mol. The zero-order valence-electron chi connectivity index (χ0n) is 8.86. The lowest BCUT2D eigenvalue weighted by Gasteiger charge is -2.39. The van der Waals surface area contributed by atoms with Crippen LogP contribution in [0.2, 0.25) is 0 Å². The molecule has 0 unspecified atom stereocenters. The number of esters is 1. The Morgan fingerprint density at radius 2 is 2.07 bits per heavy atom. The predicted octanol–water partition coefficient (Wildman–Crippen LogP) is -0.630. The lowest BCUT2D eigenvalue weighted by atomic mass is 10.1. The summed E-state index contributed by atoms with van der Waals surface area (Å²) >= 11 is 0. The van der Waals surface area contributed by atoms with Crippen LogP contribution in [0.5, 0.6) is 0 Å². The second kappa shape index (κ2) is 4.18. The van der Waals surface area contributed by atoms with Gasteiger partial charge in [-0.2, -0.15) is 0 Å². The number of amides is 1. The summed E-state index contributed by atoms with van der Waals surface area (Å²) in [5, 5.41) is 3.05. The van der Waals surface area contributed by atoms with Crippen LogP contribution in [0.15, 0.2) is 0 Å². The molecule has 5 nitrogen and oxygen atoms in total. The Hall–Kier alpha value is -1.10. The van der Waals surface area contributed by atoms with Crippen LogP contribution < -0.4 is 5.32 Å². The van der Waals surface area contributed by atoms with Crippen molar-refractivity contribution in [2.75, 3.05) is 26.7 Å². The lowest BCUT2D eigenvalue weighted by Crippen LogP contribution is -2.60. The molecule has 1 aliphatic carbocycles. The SMILES string of the molecule is COC(=O)CNC1CN(C(=O)C2CC2)C1. The summed E-state index contributed by atoms with van der Waals surface area (Å²) in [5.74, 6) is 0.319. The van der Waals surface area contributed by atoms with Gasteiger partial charge in [0.15, 0.2) is 0 Å². The number of methoxy groups -OCH3 is 1. The van der Waals surface area contributed by atoms with Gasteiger partial charge in [0.1, 0.15) is 0 Å². The highest BCUT2D eigenvalue weighted by molar-refractivity contribution is 5.82. The molecule has 0 aromatic heterocycles. The van der Waals surface area contributed by atoms with Crippen molar-refractivity contribution in [1.29, 1.82) is 0 Å². The van der Waals surface area contributed by atoms with Gasteiger partial charge in [-0.25, -0.2) is 0 Å². The quantitative estimate of drug-likeness (QED) is 0.630. The van der Waals surface area contributed by atoms with Gasteiger partial charge in [-0.3, -0.25) is 9.59 Å². The molecule has 0 atom stereocenters. The van der Waals surface area contributed by atoms with Crippen molar-refractivity contribution in [3.63, 3.8) is 0 Å². The monoisotopic (exact) mass is 212 g/mol. The van der Waals surface area contributed by atoms with Gasteiger partial charge in [-0.15, -0.1) is 0 Å². The summed E-state index contributed by atoms with van der Waals surface area (Å²) in [7, 11) is 1.37. The van der Waals surface area contributed by atoms with Crippen molar-refractivity contribution in [2.45, 2.75) is 18.9 Å². The molecule has 2 fully saturated rings. The van der Waals surface area contributed by atoms with Gasteiger partial charge in [-0.1, -0.05) is 0 Å². The summed E-state index contributed by atoms with van der Waals surface area (Å²) in [6, 6.07) is 0.256. The molecule has 2 rings (SSSR count). The summed E-state index contributed by atoms with van der Waals surface area (Å²) in [6.07, 6.45) is 2.10. The molecule has 15 heavy (non-hydrogen) atoms. The van der Waals surface area contributed by atoms with E-state index in [-0.39, 0.29) is 24.5 Å². The van der Waals surface area contributed by atoms with Crippen LogP contribution in [-0.4, -0.2) is 49.6 Å². The minimum Gasteiger partial charge on any atom is -0.468 e. The fourth-order valence-corrected chi connectivity index (χ4v) is 1.68. The van der Waals surface area contributed by atoms with Gasteiger partial charge in [0, 0.05) is 25.0 Å². The molecule has 1 saturated heterocycles. The van der Waals surface area contributed by atoms with Crippen LogP contribution in [0.4, 0.5) is 0 Å². The first kappa shape index (κ1) is 10.4. The molecule has 5 heteroatoms. The van der Waals surface area contributed by atoms with Crippen molar-refractivity contribution < 1.29 is 14.3 Å². The fraction of sp³-hybridized carbons (Fsp3) is 0.800. The van der Waals surface area contributed by atoms with Crippen LogP contribution in [0.25, 0.3) is 0 Å². The molecule has 1 N–H and O–H groups in total. The number of hydrogen-bond acceptors (Lipinski definition) is 4. The van der Waals surface area contributed by atoms with Crippen molar-refractivity contribution in [3.8, 4) is 0 Å². The van der Waals surface area contributed by atoms with Gasteiger partial charge in [0.2, 0.25) is 5.91 Å². The van der Waals surface area contributed by atoms with Gasteiger partial charge in [0.25, 0.3) is 0 Å². The molecule has 1 heterocycles. The Kier molecular flexibility index (Phi) is 2.90. The highest BCUT2D eigenvalue weighted by atomic mass is 16.5. The third-order valence-electron chi connectivity index (χ3n) is 2.88. The van der Waals surface area contributed by atoms with Crippen LogP contribution >= 0.6 is 0 Å². The van der Waals surface area contributed by atoms with Crippen molar-refractivity contribution in [2.24, 2.45) is 5.92 Å². The maximum Gasteiger partial charge on any atom is 0.319 e. The Bertz CT molecular complexity index is 270. The number of nitrogens with zero attached hydrogens (tertiary/aromatic N) is 1. The lowest BCUT2D eigenvalue weighted by molar-refractivity contribution is -0.140. The number of rotatable bonds is 4. The summed E-state index contributed by atoms with van der Waals surface area (Å²) in [4.78, 5) is 24.2. The van der Waals surface area contributed by atoms with E-state index >= 15 is 0 Å². The van der Waals surface area contributed by atoms with Crippen LogP contribution in [0.1, 0.15) is 12.8 Å². The van der Waals surface area contributed by atoms with Gasteiger partial charge in [0.05, 0.1) is 13.7 Å². The molecule has 0 radical (unpaired) electrons. The van der Waals surface area contributed by atoms with E-state index in [0.29, 0.717) is 5.92 Å². The van der Waals surface area contributed by atoms with Crippen LogP contribution in [0, 0.1) is 5.92 Å². The van der Waals surface area contributed by atoms with Crippen molar-refractivity contribution in [1.82, 2.24) is 10.2 Å². The van der Waals surface area contributed by atoms with Crippen molar-refractivity contribution >= 4 is 11.9 Å². The van der Waals surface area contributed by atoms with E-state index in [1.807, 2.05) is 4.90 Å². The zero-order valence-corrected chi connectivity index (χ0v) is 8.86. The number of hydrogen-bond donors (Lipinski definition) is 1. The third kappa shape index (κ3) is 2.47. The number of nitrogens with one attached hydrogen (secondary N) is 1. The Morgan fingerprint density at radius 3 is 2.60 bits per heavy atom. The molecule has 1 amide bonds. The largest absolute Gasteiger partial charge is 0.468 e. The third-order valence-corrected chi connectivity index (χ3v) is 2.88. The van der Waals surface area contributed by atoms with Gasteiger partial charge < -0.3 is 15.0 Å². The number of ether oxygens (including phenoxy) is 1. The minimum atomic E-state index is -0.262. The molecule has 1 saturated carbocycles. The highest BCUT2D eigenvalue weighted by Crippen LogP contribution is 2.32. The first-order chi connectivity index (χ1) is 7.20. The summed E-state index contributed by atoms with van der Waals surface area (Å²) in [6.45, 7) is 1.69. The minimum absolute atomic E-state index is 0.229. The fourth-order valence-electron chi connectivity index (χ4n) is 1.68. The molecule has 0 bridgehead atoms. The summed E-state index contributed by atoms with van der Waals surface area (Å²) < 4.78 is 4.51. The average molecular weight is 212 g/mol. The molecule has 0 spiro atoms. The normalized spacial score (nSPS) is 21.0. The Balaban J connectivity index is 1.61. The average Bonchev–Trinajstić information content (AvgIpc) is 2.97. The van der Waals surface area contributed by atoms with E-state index in [0.717, 1.165) is 25.9 Å². The molecule has 1 aliphatic heterocycles. The molecule has 2 aliphatic rings. The van der Waals surface area contributed by atoms with Crippen LogP contribution in [0.3, 0.4) is 0 Å². The molecule has 0 aromatic rings. The standard InChI is InChI=1S/C10H16N2O3/c1-15-9(13)4-11-8-5-12(6-8)10(14)7-2-3-7/h7-8,11H,2-6H2,1H3. The van der Waals surface area contributed by atoms with E-state index in [2.05, 4.69) is 10.1 Å². The van der Waals surface area contributed by atoms with E-state index in [1.165, 1.54) is 7.11 Å². The van der Waals surface area contributed by atoms with E-state index in [4.69, 9.17) is 0 Å². The Morgan fingerprint density at radius 1 is 1.40 bits per heavy atom. The maximum atomic E-state index is 11.5. The van der Waals surface area contributed by atoms with Crippen LogP contribution in [-0.2, 0) is 14.3 Å². The first-order valence-corrected chi connectivity index (χ1v) is 5.29. The number of carbonyl (C=O) groups is 2. The molecular formula is C10H16N2O3. The van der Waals surface area contributed by atoms with E-state index in [9.17, 15) is 9.59 Å².